The Morgan fingerprint density at radius 1 is 0.947 bits per heavy atom. The molecular weight excluding hydrogens is 250 g/mol. The van der Waals surface area contributed by atoms with Crippen LogP contribution in [-0.2, 0) is 23.7 Å². The smallest absolute Gasteiger partial charge is 0.305 e. The van der Waals surface area contributed by atoms with Gasteiger partial charge in [0.1, 0.15) is 0 Å². The highest BCUT2D eigenvalue weighted by Gasteiger charge is 2.00. The van der Waals surface area contributed by atoms with Gasteiger partial charge in [-0.05, 0) is 20.4 Å². The van der Waals surface area contributed by atoms with Gasteiger partial charge < -0.3 is 24.3 Å². The molecule has 0 fully saturated rings. The van der Waals surface area contributed by atoms with E-state index in [1.54, 1.807) is 6.92 Å². The predicted molar refractivity (Wildman–Crippen MR) is 72.3 cm³/mol. The summed E-state index contributed by atoms with van der Waals surface area (Å²) in [6.45, 7) is 6.61. The minimum atomic E-state index is -0.166. The third-order valence-electron chi connectivity index (χ3n) is 2.22. The van der Waals surface area contributed by atoms with Crippen molar-refractivity contribution < 1.29 is 23.7 Å². The second-order valence-corrected chi connectivity index (χ2v) is 3.85. The summed E-state index contributed by atoms with van der Waals surface area (Å²) in [5.74, 6) is -0.166. The molecule has 0 rings (SSSR count). The number of hydrogen-bond donors (Lipinski definition) is 1. The maximum atomic E-state index is 11.0. The number of rotatable bonds is 14. The molecule has 0 amide bonds. The van der Waals surface area contributed by atoms with E-state index in [0.29, 0.717) is 59.1 Å². The average molecular weight is 277 g/mol. The van der Waals surface area contributed by atoms with Crippen LogP contribution in [0, 0.1) is 0 Å². The molecule has 0 atom stereocenters. The molecule has 0 bridgehead atoms. The Balaban J connectivity index is 3.01. The number of esters is 1. The highest BCUT2D eigenvalue weighted by molar-refractivity contribution is 5.69. The molecule has 0 aromatic carbocycles. The zero-order valence-corrected chi connectivity index (χ0v) is 12.1. The number of hydrogen-bond acceptors (Lipinski definition) is 6. The summed E-state index contributed by atoms with van der Waals surface area (Å²) in [6, 6.07) is 0. The fraction of sp³-hybridized carbons (Fsp3) is 0.923. The van der Waals surface area contributed by atoms with Gasteiger partial charge >= 0.3 is 5.97 Å². The number of carbonyl (C=O) groups excluding carboxylic acids is 1. The van der Waals surface area contributed by atoms with Crippen molar-refractivity contribution in [3.8, 4) is 0 Å². The fourth-order valence-corrected chi connectivity index (χ4v) is 1.27. The van der Waals surface area contributed by atoms with Gasteiger partial charge in [0, 0.05) is 19.6 Å². The fourth-order valence-electron chi connectivity index (χ4n) is 1.27. The van der Waals surface area contributed by atoms with E-state index >= 15 is 0 Å². The van der Waals surface area contributed by atoms with E-state index in [4.69, 9.17) is 18.9 Å². The molecule has 0 saturated heterocycles. The lowest BCUT2D eigenvalue weighted by molar-refractivity contribution is -0.143. The van der Waals surface area contributed by atoms with Crippen molar-refractivity contribution in [1.29, 1.82) is 0 Å². The molecule has 0 aromatic rings. The summed E-state index contributed by atoms with van der Waals surface area (Å²) < 4.78 is 20.7. The van der Waals surface area contributed by atoms with Crippen LogP contribution in [0.2, 0.25) is 0 Å². The van der Waals surface area contributed by atoms with Crippen LogP contribution in [0.3, 0.4) is 0 Å². The van der Waals surface area contributed by atoms with Crippen LogP contribution >= 0.6 is 0 Å². The minimum absolute atomic E-state index is 0.166. The van der Waals surface area contributed by atoms with Crippen LogP contribution in [0.25, 0.3) is 0 Å². The van der Waals surface area contributed by atoms with Gasteiger partial charge in [0.25, 0.3) is 0 Å². The largest absolute Gasteiger partial charge is 0.466 e. The van der Waals surface area contributed by atoms with E-state index in [0.717, 1.165) is 6.54 Å². The first-order chi connectivity index (χ1) is 9.31. The van der Waals surface area contributed by atoms with Crippen molar-refractivity contribution in [2.75, 3.05) is 59.8 Å². The third kappa shape index (κ3) is 15.3. The molecule has 0 heterocycles. The van der Waals surface area contributed by atoms with Crippen LogP contribution in [0.15, 0.2) is 0 Å². The molecule has 0 saturated carbocycles. The maximum Gasteiger partial charge on any atom is 0.305 e. The molecule has 6 nitrogen and oxygen atoms in total. The molecule has 1 N–H and O–H groups in total. The second-order valence-electron chi connectivity index (χ2n) is 3.85. The molecule has 0 aliphatic carbocycles. The van der Waals surface area contributed by atoms with E-state index in [1.165, 1.54) is 0 Å². The quantitative estimate of drug-likeness (QED) is 0.370. The van der Waals surface area contributed by atoms with Gasteiger partial charge in [0.15, 0.2) is 0 Å². The van der Waals surface area contributed by atoms with Crippen LogP contribution in [0.1, 0.15) is 19.8 Å². The molecule has 0 spiro atoms. The molecule has 19 heavy (non-hydrogen) atoms. The first-order valence-electron chi connectivity index (χ1n) is 6.84. The zero-order valence-electron chi connectivity index (χ0n) is 12.1. The Labute approximate surface area is 115 Å². The Kier molecular flexibility index (Phi) is 14.8. The predicted octanol–water partition coefficient (Wildman–Crippen LogP) is 0.599. The highest BCUT2D eigenvalue weighted by atomic mass is 16.5. The Hall–Kier alpha value is -0.690. The highest BCUT2D eigenvalue weighted by Crippen LogP contribution is 1.93. The van der Waals surface area contributed by atoms with Crippen molar-refractivity contribution in [3.05, 3.63) is 0 Å². The molecule has 0 aliphatic rings. The van der Waals surface area contributed by atoms with Crippen LogP contribution in [0.5, 0.6) is 0 Å². The van der Waals surface area contributed by atoms with E-state index < -0.39 is 0 Å². The normalized spacial score (nSPS) is 10.6. The van der Waals surface area contributed by atoms with Crippen molar-refractivity contribution >= 4 is 5.97 Å². The van der Waals surface area contributed by atoms with Gasteiger partial charge in [-0.15, -0.1) is 0 Å². The average Bonchev–Trinajstić information content (AvgIpc) is 2.40. The molecule has 0 radical (unpaired) electrons. The summed E-state index contributed by atoms with van der Waals surface area (Å²) in [5.41, 5.74) is 0. The van der Waals surface area contributed by atoms with Crippen molar-refractivity contribution in [2.45, 2.75) is 19.8 Å². The van der Waals surface area contributed by atoms with Gasteiger partial charge in [-0.2, -0.15) is 0 Å². The van der Waals surface area contributed by atoms with Gasteiger partial charge in [-0.25, -0.2) is 0 Å². The van der Waals surface area contributed by atoms with Crippen LogP contribution < -0.4 is 5.32 Å². The minimum Gasteiger partial charge on any atom is -0.466 e. The number of carbonyl (C=O) groups is 1. The van der Waals surface area contributed by atoms with Crippen molar-refractivity contribution in [1.82, 2.24) is 5.32 Å². The molecule has 0 unspecified atom stereocenters. The van der Waals surface area contributed by atoms with Gasteiger partial charge in [0.2, 0.25) is 0 Å². The van der Waals surface area contributed by atoms with E-state index in [9.17, 15) is 4.79 Å². The molecule has 0 aliphatic heterocycles. The molecular formula is C13H27NO5. The summed E-state index contributed by atoms with van der Waals surface area (Å²) in [7, 11) is 1.89. The van der Waals surface area contributed by atoms with Crippen LogP contribution in [-0.4, -0.2) is 65.8 Å². The lowest BCUT2D eigenvalue weighted by atomic mass is 10.3. The maximum absolute atomic E-state index is 11.0. The van der Waals surface area contributed by atoms with E-state index in [-0.39, 0.29) is 5.97 Å². The van der Waals surface area contributed by atoms with Crippen molar-refractivity contribution in [2.24, 2.45) is 0 Å². The standard InChI is InChI=1S/C13H27NO5/c1-3-19-13(15)5-4-7-16-9-11-18-12-10-17-8-6-14-2/h14H,3-12H2,1-2H3. The third-order valence-corrected chi connectivity index (χ3v) is 2.22. The summed E-state index contributed by atoms with van der Waals surface area (Å²) >= 11 is 0. The first-order valence-corrected chi connectivity index (χ1v) is 6.84. The Bertz CT molecular complexity index is 201. The lowest BCUT2D eigenvalue weighted by Gasteiger charge is -2.06. The van der Waals surface area contributed by atoms with Gasteiger partial charge in [-0.3, -0.25) is 4.79 Å². The monoisotopic (exact) mass is 277 g/mol. The Morgan fingerprint density at radius 3 is 2.11 bits per heavy atom. The Morgan fingerprint density at radius 2 is 1.53 bits per heavy atom. The molecule has 0 aromatic heterocycles. The SMILES string of the molecule is CCOC(=O)CCCOCCOCCOCCNC. The first kappa shape index (κ1) is 18.3. The number of nitrogens with one attached hydrogen (secondary N) is 1. The zero-order chi connectivity index (χ0) is 14.2. The number of likely N-dealkylation sites (N-methyl/N-ethyl adjacent to an activating group) is 1. The van der Waals surface area contributed by atoms with E-state index in [1.807, 2.05) is 7.05 Å². The van der Waals surface area contributed by atoms with Crippen molar-refractivity contribution in [3.63, 3.8) is 0 Å². The van der Waals surface area contributed by atoms with Gasteiger partial charge in [-0.1, -0.05) is 0 Å². The number of ether oxygens (including phenoxy) is 4. The van der Waals surface area contributed by atoms with Crippen LogP contribution in [0.4, 0.5) is 0 Å². The summed E-state index contributed by atoms with van der Waals surface area (Å²) in [4.78, 5) is 11.0. The topological polar surface area (TPSA) is 66.0 Å². The lowest BCUT2D eigenvalue weighted by Crippen LogP contribution is -2.16. The molecule has 114 valence electrons. The van der Waals surface area contributed by atoms with Gasteiger partial charge in [0.05, 0.1) is 39.6 Å². The second kappa shape index (κ2) is 15.4. The summed E-state index contributed by atoms with van der Waals surface area (Å²) in [6.07, 6.45) is 1.10. The summed E-state index contributed by atoms with van der Waals surface area (Å²) in [5, 5.41) is 3.00. The van der Waals surface area contributed by atoms with E-state index in [2.05, 4.69) is 5.32 Å². The molecule has 6 heteroatoms.